The van der Waals surface area contributed by atoms with Gasteiger partial charge < -0.3 is 25.8 Å². The van der Waals surface area contributed by atoms with Crippen LogP contribution >= 0.6 is 0 Å². The van der Waals surface area contributed by atoms with Gasteiger partial charge in [-0.1, -0.05) is 4.48 Å². The number of aliphatic hydroxyl groups excluding tert-OH is 3. The lowest BCUT2D eigenvalue weighted by atomic mass is 10.1. The summed E-state index contributed by atoms with van der Waals surface area (Å²) in [4.78, 5) is 18.5. The molecule has 0 aliphatic carbocycles. The highest BCUT2D eigenvalue weighted by atomic mass is 19.2. The maximum absolute atomic E-state index is 14.0. The van der Waals surface area contributed by atoms with Gasteiger partial charge in [-0.05, 0) is 0 Å². The molecule has 0 radical (unpaired) electrons. The van der Waals surface area contributed by atoms with Crippen molar-refractivity contribution < 1.29 is 24.5 Å². The fraction of sp³-hybridized carbons (Fsp3) is 0.500. The van der Waals surface area contributed by atoms with E-state index in [-0.39, 0.29) is 16.0 Å². The Morgan fingerprint density at radius 1 is 1.43 bits per heavy atom. The number of hydrogen-bond donors (Lipinski definition) is 4. The van der Waals surface area contributed by atoms with Crippen LogP contribution in [0.25, 0.3) is 11.2 Å². The van der Waals surface area contributed by atoms with Gasteiger partial charge in [0.1, 0.15) is 18.3 Å². The lowest BCUT2D eigenvalue weighted by molar-refractivity contribution is -0.0516. The van der Waals surface area contributed by atoms with Crippen LogP contribution in [0.2, 0.25) is 0 Å². The Bertz CT molecular complexity index is 745. The van der Waals surface area contributed by atoms with Crippen LogP contribution in [0.1, 0.15) is 6.23 Å². The molecule has 10 nitrogen and oxygen atoms in total. The Balaban J connectivity index is 2.16. The van der Waals surface area contributed by atoms with Crippen molar-refractivity contribution in [2.75, 3.05) is 12.3 Å². The third kappa shape index (κ3) is 1.90. The average molecular weight is 301 g/mol. The van der Waals surface area contributed by atoms with E-state index in [1.54, 1.807) is 0 Å². The van der Waals surface area contributed by atoms with Gasteiger partial charge in [-0.25, -0.2) is 4.98 Å². The van der Waals surface area contributed by atoms with E-state index in [0.717, 1.165) is 10.9 Å². The van der Waals surface area contributed by atoms with Crippen molar-refractivity contribution in [2.45, 2.75) is 24.5 Å². The molecule has 2 aromatic heterocycles. The van der Waals surface area contributed by atoms with E-state index in [1.807, 2.05) is 0 Å². The first-order valence-corrected chi connectivity index (χ1v) is 5.99. The number of aliphatic hydroxyl groups is 3. The molecule has 1 saturated heterocycles. The Kier molecular flexibility index (Phi) is 3.13. The molecule has 1 aliphatic rings. The number of rotatable bonds is 2. The van der Waals surface area contributed by atoms with Crippen LogP contribution in [0.3, 0.4) is 0 Å². The van der Waals surface area contributed by atoms with Gasteiger partial charge in [-0.2, -0.15) is 4.98 Å². The van der Waals surface area contributed by atoms with Gasteiger partial charge in [0, 0.05) is 0 Å². The monoisotopic (exact) mass is 301 g/mol. The lowest BCUT2D eigenvalue weighted by Crippen LogP contribution is -2.33. The van der Waals surface area contributed by atoms with Crippen molar-refractivity contribution in [3.05, 3.63) is 16.7 Å². The SMILES string of the molecule is Nc1nc(=O)c2ncn([C@@H]3O[C@H](CO)[C@@H](O)[C@H]3O)c2n1F. The molecule has 5 N–H and O–H groups in total. The van der Waals surface area contributed by atoms with Gasteiger partial charge in [0.05, 0.1) is 12.9 Å². The summed E-state index contributed by atoms with van der Waals surface area (Å²) in [5, 5.41) is 28.7. The molecule has 0 saturated carbocycles. The number of nitrogen functional groups attached to an aromatic ring is 1. The third-order valence-electron chi connectivity index (χ3n) is 3.36. The fourth-order valence-corrected chi connectivity index (χ4v) is 2.31. The minimum atomic E-state index is -1.44. The summed E-state index contributed by atoms with van der Waals surface area (Å²) >= 11 is 0. The highest BCUT2D eigenvalue weighted by Crippen LogP contribution is 2.31. The normalized spacial score (nSPS) is 29.3. The van der Waals surface area contributed by atoms with Crippen LogP contribution in [-0.4, -0.2) is 59.6 Å². The summed E-state index contributed by atoms with van der Waals surface area (Å²) in [6.07, 6.45) is -4.02. The molecular formula is C10H12FN5O5. The molecule has 0 spiro atoms. The summed E-state index contributed by atoms with van der Waals surface area (Å²) in [5.41, 5.74) is 3.78. The number of halogens is 1. The quantitative estimate of drug-likeness (QED) is 0.476. The van der Waals surface area contributed by atoms with Crippen molar-refractivity contribution in [3.8, 4) is 0 Å². The fourth-order valence-electron chi connectivity index (χ4n) is 2.31. The van der Waals surface area contributed by atoms with E-state index in [1.165, 1.54) is 0 Å². The Labute approximate surface area is 115 Å². The average Bonchev–Trinajstić information content (AvgIpc) is 3.00. The van der Waals surface area contributed by atoms with Crippen molar-refractivity contribution in [1.82, 2.24) is 19.3 Å². The molecule has 0 amide bonds. The molecule has 11 heteroatoms. The third-order valence-corrected chi connectivity index (χ3v) is 3.36. The van der Waals surface area contributed by atoms with E-state index in [9.17, 15) is 19.5 Å². The van der Waals surface area contributed by atoms with Gasteiger partial charge >= 0.3 is 5.56 Å². The molecule has 3 heterocycles. The van der Waals surface area contributed by atoms with Gasteiger partial charge in [0.2, 0.25) is 5.95 Å². The number of imidazole rings is 1. The summed E-state index contributed by atoms with van der Waals surface area (Å²) in [5.74, 6) is -0.680. The number of hydrogen-bond acceptors (Lipinski definition) is 8. The zero-order chi connectivity index (χ0) is 15.3. The minimum Gasteiger partial charge on any atom is -0.394 e. The molecule has 2 aromatic rings. The highest BCUT2D eigenvalue weighted by molar-refractivity contribution is 5.71. The van der Waals surface area contributed by atoms with Crippen LogP contribution in [-0.2, 0) is 4.74 Å². The summed E-state index contributed by atoms with van der Waals surface area (Å²) in [6, 6.07) is 0. The van der Waals surface area contributed by atoms with Crippen molar-refractivity contribution in [2.24, 2.45) is 0 Å². The molecule has 114 valence electrons. The van der Waals surface area contributed by atoms with Crippen LogP contribution < -0.4 is 11.3 Å². The van der Waals surface area contributed by atoms with Gasteiger partial charge in [-0.3, -0.25) is 9.36 Å². The molecule has 1 aliphatic heterocycles. The second-order valence-corrected chi connectivity index (χ2v) is 4.61. The van der Waals surface area contributed by atoms with Gasteiger partial charge in [0.25, 0.3) is 0 Å². The summed E-state index contributed by atoms with van der Waals surface area (Å²) in [6.45, 7) is -0.534. The topological polar surface area (TPSA) is 149 Å². The van der Waals surface area contributed by atoms with Gasteiger partial charge in [0.15, 0.2) is 17.4 Å². The molecular weight excluding hydrogens is 289 g/mol. The number of fused-ring (bicyclic) bond motifs is 1. The Hall–Kier alpha value is -2.08. The first kappa shape index (κ1) is 13.9. The van der Waals surface area contributed by atoms with Crippen molar-refractivity contribution in [1.29, 1.82) is 0 Å². The van der Waals surface area contributed by atoms with E-state index < -0.39 is 42.7 Å². The van der Waals surface area contributed by atoms with Crippen molar-refractivity contribution in [3.63, 3.8) is 0 Å². The van der Waals surface area contributed by atoms with Crippen LogP contribution in [0.5, 0.6) is 0 Å². The largest absolute Gasteiger partial charge is 0.394 e. The number of aromatic nitrogens is 4. The molecule has 0 aromatic carbocycles. The first-order valence-electron chi connectivity index (χ1n) is 5.99. The zero-order valence-corrected chi connectivity index (χ0v) is 10.5. The molecule has 0 bridgehead atoms. The van der Waals surface area contributed by atoms with E-state index in [2.05, 4.69) is 9.97 Å². The predicted octanol–water partition coefficient (Wildman–Crippen LogP) is -2.48. The number of nitrogens with two attached hydrogens (primary N) is 1. The molecule has 0 unspecified atom stereocenters. The van der Waals surface area contributed by atoms with E-state index >= 15 is 0 Å². The zero-order valence-electron chi connectivity index (χ0n) is 10.5. The summed E-state index contributed by atoms with van der Waals surface area (Å²) in [7, 11) is 0. The number of nitrogens with zero attached hydrogens (tertiary/aromatic N) is 4. The highest BCUT2D eigenvalue weighted by Gasteiger charge is 2.44. The van der Waals surface area contributed by atoms with Gasteiger partial charge in [-0.15, -0.1) is 4.79 Å². The van der Waals surface area contributed by atoms with Crippen LogP contribution in [0.15, 0.2) is 11.1 Å². The lowest BCUT2D eigenvalue weighted by Gasteiger charge is -2.17. The molecule has 1 fully saturated rings. The molecule has 3 rings (SSSR count). The van der Waals surface area contributed by atoms with E-state index in [0.29, 0.717) is 0 Å². The second kappa shape index (κ2) is 4.73. The van der Waals surface area contributed by atoms with Crippen LogP contribution in [0, 0.1) is 0 Å². The summed E-state index contributed by atoms with van der Waals surface area (Å²) < 4.78 is 20.3. The number of ether oxygens (including phenoxy) is 1. The standard InChI is InChI=1S/C10H12FN5O5/c11-16-8-4(7(20)14-10(16)12)13-2-15(8)9-6(19)5(18)3(1-17)21-9/h2-3,5-6,9,17-19H,1H2,(H2,12,14,20)/t3-,5-,6-,9-/m1/s1. The predicted molar refractivity (Wildman–Crippen MR) is 65.7 cm³/mol. The second-order valence-electron chi connectivity index (χ2n) is 4.61. The number of anilines is 1. The van der Waals surface area contributed by atoms with E-state index in [4.69, 9.17) is 15.6 Å². The molecule has 21 heavy (non-hydrogen) atoms. The first-order chi connectivity index (χ1) is 9.95. The maximum atomic E-state index is 14.0. The van der Waals surface area contributed by atoms with Crippen LogP contribution in [0.4, 0.5) is 10.4 Å². The Morgan fingerprint density at radius 2 is 2.14 bits per heavy atom. The smallest absolute Gasteiger partial charge is 0.302 e. The Morgan fingerprint density at radius 3 is 2.76 bits per heavy atom. The molecule has 4 atom stereocenters. The maximum Gasteiger partial charge on any atom is 0.302 e. The van der Waals surface area contributed by atoms with Crippen molar-refractivity contribution >= 4 is 17.1 Å². The minimum absolute atomic E-state index is 0.0710.